The van der Waals surface area contributed by atoms with Crippen molar-refractivity contribution in [2.24, 2.45) is 0 Å². The van der Waals surface area contributed by atoms with Gasteiger partial charge in [-0.25, -0.2) is 0 Å². The minimum absolute atomic E-state index is 0.0680. The Balaban J connectivity index is 3.35. The van der Waals surface area contributed by atoms with E-state index >= 15 is 0 Å². The zero-order chi connectivity index (χ0) is 10.2. The molecule has 0 aliphatic rings. The Morgan fingerprint density at radius 1 is 1.23 bits per heavy atom. The van der Waals surface area contributed by atoms with E-state index in [2.05, 4.69) is 0 Å². The quantitative estimate of drug-likeness (QED) is 0.675. The number of benzene rings is 1. The summed E-state index contributed by atoms with van der Waals surface area (Å²) in [5.41, 5.74) is 1.73. The first-order chi connectivity index (χ1) is 5.84. The lowest BCUT2D eigenvalue weighted by Gasteiger charge is -2.21. The van der Waals surface area contributed by atoms with E-state index in [0.717, 1.165) is 11.1 Å². The summed E-state index contributed by atoms with van der Waals surface area (Å²) in [5.74, 6) is 0.217. The van der Waals surface area contributed by atoms with E-state index in [9.17, 15) is 5.11 Å². The first-order valence-corrected chi connectivity index (χ1v) is 4.70. The minimum Gasteiger partial charge on any atom is -0.506 e. The van der Waals surface area contributed by atoms with E-state index in [1.165, 1.54) is 0 Å². The molecule has 13 heavy (non-hydrogen) atoms. The van der Waals surface area contributed by atoms with Gasteiger partial charge < -0.3 is 5.11 Å². The highest BCUT2D eigenvalue weighted by Crippen LogP contribution is 2.37. The molecule has 0 bridgehead atoms. The van der Waals surface area contributed by atoms with Gasteiger partial charge in [0.25, 0.3) is 0 Å². The normalized spacial score (nSPS) is 11.8. The standard InChI is InChI=1S/C11H15ClO/c1-7-5-6-8(11(2,3)4)10(13)9(7)12/h5-6,13H,1-4H3. The Morgan fingerprint density at radius 2 is 1.77 bits per heavy atom. The molecule has 0 aliphatic heterocycles. The average molecular weight is 199 g/mol. The summed E-state index contributed by atoms with van der Waals surface area (Å²) in [6.45, 7) is 8.03. The minimum atomic E-state index is -0.0680. The first-order valence-electron chi connectivity index (χ1n) is 4.32. The SMILES string of the molecule is Cc1ccc(C(C)(C)C)c(O)c1Cl. The van der Waals surface area contributed by atoms with Crippen molar-refractivity contribution in [2.45, 2.75) is 33.1 Å². The fraction of sp³-hybridized carbons (Fsp3) is 0.455. The third kappa shape index (κ3) is 1.97. The average Bonchev–Trinajstić information content (AvgIpc) is 1.98. The highest BCUT2D eigenvalue weighted by molar-refractivity contribution is 6.32. The molecule has 0 spiro atoms. The van der Waals surface area contributed by atoms with Crippen molar-refractivity contribution < 1.29 is 5.11 Å². The second kappa shape index (κ2) is 3.22. The lowest BCUT2D eigenvalue weighted by Crippen LogP contribution is -2.11. The van der Waals surface area contributed by atoms with Crippen LogP contribution in [0.3, 0.4) is 0 Å². The monoisotopic (exact) mass is 198 g/mol. The van der Waals surface area contributed by atoms with Crippen LogP contribution in [0.5, 0.6) is 5.75 Å². The molecule has 0 unspecified atom stereocenters. The molecule has 1 aromatic rings. The van der Waals surface area contributed by atoms with Crippen molar-refractivity contribution in [1.29, 1.82) is 0 Å². The van der Waals surface area contributed by atoms with Gasteiger partial charge in [0.05, 0.1) is 5.02 Å². The molecule has 1 rings (SSSR count). The maximum Gasteiger partial charge on any atom is 0.138 e. The molecule has 0 aromatic heterocycles. The summed E-state index contributed by atoms with van der Waals surface area (Å²) < 4.78 is 0. The van der Waals surface area contributed by atoms with Crippen LogP contribution in [0.1, 0.15) is 31.9 Å². The predicted octanol–water partition coefficient (Wildman–Crippen LogP) is 3.65. The van der Waals surface area contributed by atoms with Gasteiger partial charge >= 0.3 is 0 Å². The van der Waals surface area contributed by atoms with E-state index in [0.29, 0.717) is 5.02 Å². The third-order valence-electron chi connectivity index (χ3n) is 2.12. The number of hydrogen-bond acceptors (Lipinski definition) is 1. The summed E-state index contributed by atoms with van der Waals surface area (Å²) in [7, 11) is 0. The molecule has 0 saturated heterocycles. The smallest absolute Gasteiger partial charge is 0.138 e. The lowest BCUT2D eigenvalue weighted by molar-refractivity contribution is 0.446. The van der Waals surface area contributed by atoms with Crippen LogP contribution in [0.4, 0.5) is 0 Å². The van der Waals surface area contributed by atoms with E-state index in [-0.39, 0.29) is 11.2 Å². The summed E-state index contributed by atoms with van der Waals surface area (Å²) >= 11 is 5.94. The Labute approximate surface area is 84.4 Å². The molecule has 0 amide bonds. The molecule has 0 heterocycles. The topological polar surface area (TPSA) is 20.2 Å². The van der Waals surface area contributed by atoms with Crippen molar-refractivity contribution in [3.05, 3.63) is 28.3 Å². The fourth-order valence-corrected chi connectivity index (χ4v) is 1.44. The Bertz CT molecular complexity index is 324. The molecule has 0 radical (unpaired) electrons. The third-order valence-corrected chi connectivity index (χ3v) is 2.59. The van der Waals surface area contributed by atoms with E-state index < -0.39 is 0 Å². The zero-order valence-corrected chi connectivity index (χ0v) is 9.24. The van der Waals surface area contributed by atoms with Crippen LogP contribution in [0.15, 0.2) is 12.1 Å². The molecule has 1 nitrogen and oxygen atoms in total. The number of hydrogen-bond donors (Lipinski definition) is 1. The maximum atomic E-state index is 9.78. The van der Waals surface area contributed by atoms with Crippen LogP contribution in [0.25, 0.3) is 0 Å². The van der Waals surface area contributed by atoms with Gasteiger partial charge in [-0.1, -0.05) is 44.5 Å². The molecule has 0 fully saturated rings. The zero-order valence-electron chi connectivity index (χ0n) is 8.48. The summed E-state index contributed by atoms with van der Waals surface area (Å²) in [4.78, 5) is 0. The number of aryl methyl sites for hydroxylation is 1. The second-order valence-electron chi connectivity index (χ2n) is 4.34. The number of aromatic hydroxyl groups is 1. The Morgan fingerprint density at radius 3 is 2.23 bits per heavy atom. The molecular formula is C11H15ClO. The van der Waals surface area contributed by atoms with E-state index in [4.69, 9.17) is 11.6 Å². The Kier molecular flexibility index (Phi) is 2.58. The van der Waals surface area contributed by atoms with Crippen molar-refractivity contribution in [2.75, 3.05) is 0 Å². The van der Waals surface area contributed by atoms with Crippen molar-refractivity contribution in [1.82, 2.24) is 0 Å². The molecule has 72 valence electrons. The molecule has 1 aromatic carbocycles. The van der Waals surface area contributed by atoms with Gasteiger partial charge in [-0.3, -0.25) is 0 Å². The first kappa shape index (κ1) is 10.4. The van der Waals surface area contributed by atoms with Gasteiger partial charge in [-0.15, -0.1) is 0 Å². The maximum absolute atomic E-state index is 9.78. The van der Waals surface area contributed by atoms with Gasteiger partial charge in [0, 0.05) is 5.56 Å². The van der Waals surface area contributed by atoms with Crippen LogP contribution in [-0.4, -0.2) is 5.11 Å². The molecular weight excluding hydrogens is 184 g/mol. The number of phenols is 1. The van der Waals surface area contributed by atoms with Gasteiger partial charge in [-0.05, 0) is 17.9 Å². The largest absolute Gasteiger partial charge is 0.506 e. The predicted molar refractivity (Wildman–Crippen MR) is 56.6 cm³/mol. The molecule has 1 N–H and O–H groups in total. The van der Waals surface area contributed by atoms with Gasteiger partial charge in [0.15, 0.2) is 0 Å². The van der Waals surface area contributed by atoms with Gasteiger partial charge in [-0.2, -0.15) is 0 Å². The van der Waals surface area contributed by atoms with Crippen molar-refractivity contribution in [3.63, 3.8) is 0 Å². The van der Waals surface area contributed by atoms with Crippen LogP contribution < -0.4 is 0 Å². The van der Waals surface area contributed by atoms with Crippen LogP contribution in [-0.2, 0) is 5.41 Å². The van der Waals surface area contributed by atoms with Crippen LogP contribution in [0, 0.1) is 6.92 Å². The molecule has 0 atom stereocenters. The number of rotatable bonds is 0. The number of halogens is 1. The summed E-state index contributed by atoms with van der Waals surface area (Å²) in [6, 6.07) is 3.86. The van der Waals surface area contributed by atoms with Crippen molar-refractivity contribution >= 4 is 11.6 Å². The molecule has 0 aliphatic carbocycles. The second-order valence-corrected chi connectivity index (χ2v) is 4.72. The van der Waals surface area contributed by atoms with Gasteiger partial charge in [0.2, 0.25) is 0 Å². The van der Waals surface area contributed by atoms with E-state index in [1.54, 1.807) is 0 Å². The van der Waals surface area contributed by atoms with Crippen LogP contribution >= 0.6 is 11.6 Å². The molecule has 2 heteroatoms. The highest BCUT2D eigenvalue weighted by Gasteiger charge is 2.20. The fourth-order valence-electron chi connectivity index (χ4n) is 1.27. The Hall–Kier alpha value is -0.690. The summed E-state index contributed by atoms with van der Waals surface area (Å²) in [6.07, 6.45) is 0. The number of phenolic OH excluding ortho intramolecular Hbond substituents is 1. The highest BCUT2D eigenvalue weighted by atomic mass is 35.5. The lowest BCUT2D eigenvalue weighted by atomic mass is 9.86. The van der Waals surface area contributed by atoms with Gasteiger partial charge in [0.1, 0.15) is 5.75 Å². The van der Waals surface area contributed by atoms with Crippen molar-refractivity contribution in [3.8, 4) is 5.75 Å². The van der Waals surface area contributed by atoms with Crippen LogP contribution in [0.2, 0.25) is 5.02 Å². The van der Waals surface area contributed by atoms with E-state index in [1.807, 2.05) is 39.8 Å². The summed E-state index contributed by atoms with van der Waals surface area (Å²) in [5, 5.41) is 10.2. The molecule has 0 saturated carbocycles.